The summed E-state index contributed by atoms with van der Waals surface area (Å²) < 4.78 is 6.13. The number of H-pyrrole nitrogens is 1. The molecule has 3 rings (SSSR count). The van der Waals surface area contributed by atoms with Gasteiger partial charge in [-0.15, -0.1) is 0 Å². The van der Waals surface area contributed by atoms with Crippen molar-refractivity contribution in [2.45, 2.75) is 33.1 Å². The first-order valence-corrected chi connectivity index (χ1v) is 8.16. The minimum Gasteiger partial charge on any atom is -0.457 e. The quantitative estimate of drug-likeness (QED) is 0.702. The van der Waals surface area contributed by atoms with Crippen LogP contribution in [0.15, 0.2) is 55.0 Å². The molecule has 0 aliphatic carbocycles. The van der Waals surface area contributed by atoms with Crippen LogP contribution in [0.4, 0.5) is 0 Å². The molecule has 1 heterocycles. The second kappa shape index (κ2) is 7.14. The van der Waals surface area contributed by atoms with E-state index in [0.717, 1.165) is 36.5 Å². The number of benzene rings is 2. The molecular weight excluding hydrogens is 284 g/mol. The van der Waals surface area contributed by atoms with Gasteiger partial charge in [-0.25, -0.2) is 4.98 Å². The number of ether oxygens (including phenoxy) is 1. The fourth-order valence-corrected chi connectivity index (χ4v) is 2.94. The third-order valence-corrected chi connectivity index (χ3v) is 4.10. The molecule has 1 aromatic heterocycles. The van der Waals surface area contributed by atoms with Crippen molar-refractivity contribution in [3.63, 3.8) is 0 Å². The topological polar surface area (TPSA) is 37.9 Å². The predicted molar refractivity (Wildman–Crippen MR) is 93.1 cm³/mol. The number of nitrogens with one attached hydrogen (secondary N) is 1. The fourth-order valence-electron chi connectivity index (χ4n) is 2.94. The lowest BCUT2D eigenvalue weighted by molar-refractivity contribution is 0.475. The Balaban J connectivity index is 2.00. The number of hydrogen-bond donors (Lipinski definition) is 1. The van der Waals surface area contributed by atoms with Gasteiger partial charge in [0.25, 0.3) is 0 Å². The van der Waals surface area contributed by atoms with Crippen molar-refractivity contribution in [1.29, 1.82) is 0 Å². The first-order valence-electron chi connectivity index (χ1n) is 8.16. The summed E-state index contributed by atoms with van der Waals surface area (Å²) in [6.07, 6.45) is 6.48. The van der Waals surface area contributed by atoms with Gasteiger partial charge in [-0.05, 0) is 47.7 Å². The molecule has 0 aliphatic heterocycles. The van der Waals surface area contributed by atoms with Gasteiger partial charge < -0.3 is 9.72 Å². The van der Waals surface area contributed by atoms with Crippen LogP contribution in [-0.2, 0) is 19.3 Å². The van der Waals surface area contributed by atoms with Crippen LogP contribution in [0.1, 0.15) is 36.2 Å². The molecule has 1 N–H and O–H groups in total. The summed E-state index contributed by atoms with van der Waals surface area (Å²) in [4.78, 5) is 7.42. The smallest absolute Gasteiger partial charge is 0.130 e. The highest BCUT2D eigenvalue weighted by molar-refractivity contribution is 5.48. The van der Waals surface area contributed by atoms with Crippen molar-refractivity contribution in [2.24, 2.45) is 0 Å². The average Bonchev–Trinajstić information content (AvgIpc) is 3.09. The van der Waals surface area contributed by atoms with E-state index < -0.39 is 0 Å². The van der Waals surface area contributed by atoms with E-state index in [1.54, 1.807) is 6.33 Å². The average molecular weight is 306 g/mol. The summed E-state index contributed by atoms with van der Waals surface area (Å²) in [6.45, 7) is 4.38. The third-order valence-electron chi connectivity index (χ3n) is 4.10. The van der Waals surface area contributed by atoms with E-state index in [9.17, 15) is 0 Å². The second-order valence-electron chi connectivity index (χ2n) is 5.54. The first kappa shape index (κ1) is 15.3. The van der Waals surface area contributed by atoms with Crippen LogP contribution in [0.25, 0.3) is 0 Å². The number of aromatic nitrogens is 2. The molecule has 0 saturated carbocycles. The molecule has 3 aromatic rings. The summed E-state index contributed by atoms with van der Waals surface area (Å²) in [5.74, 6) is 1.82. The SMILES string of the molecule is CCc1ccc(Oc2ccccc2)c(CC)c1Cc1c[nH]cn1. The molecular formula is C20H22N2O. The molecule has 3 heteroatoms. The summed E-state index contributed by atoms with van der Waals surface area (Å²) in [7, 11) is 0. The zero-order chi connectivity index (χ0) is 16.1. The molecule has 118 valence electrons. The number of aromatic amines is 1. The van der Waals surface area contributed by atoms with E-state index in [1.165, 1.54) is 16.7 Å². The maximum absolute atomic E-state index is 6.13. The van der Waals surface area contributed by atoms with Gasteiger partial charge in [0.2, 0.25) is 0 Å². The molecule has 0 fully saturated rings. The number of aryl methyl sites for hydroxylation is 1. The molecule has 0 radical (unpaired) electrons. The van der Waals surface area contributed by atoms with Gasteiger partial charge in [-0.3, -0.25) is 0 Å². The first-order chi connectivity index (χ1) is 11.3. The van der Waals surface area contributed by atoms with E-state index >= 15 is 0 Å². The van der Waals surface area contributed by atoms with Crippen molar-refractivity contribution in [2.75, 3.05) is 0 Å². The highest BCUT2D eigenvalue weighted by Crippen LogP contribution is 2.31. The van der Waals surface area contributed by atoms with E-state index in [-0.39, 0.29) is 0 Å². The number of nitrogens with zero attached hydrogens (tertiary/aromatic N) is 1. The Labute approximate surface area is 137 Å². The van der Waals surface area contributed by atoms with Crippen LogP contribution in [-0.4, -0.2) is 9.97 Å². The van der Waals surface area contributed by atoms with Crippen LogP contribution < -0.4 is 4.74 Å². The molecule has 0 spiro atoms. The normalized spacial score (nSPS) is 10.7. The number of hydrogen-bond acceptors (Lipinski definition) is 2. The summed E-state index contributed by atoms with van der Waals surface area (Å²) in [5.41, 5.74) is 5.04. The predicted octanol–water partition coefficient (Wildman–Crippen LogP) is 4.92. The van der Waals surface area contributed by atoms with E-state index in [1.807, 2.05) is 36.5 Å². The maximum atomic E-state index is 6.13. The number of rotatable bonds is 6. The van der Waals surface area contributed by atoms with Crippen LogP contribution in [0.3, 0.4) is 0 Å². The van der Waals surface area contributed by atoms with Crippen molar-refractivity contribution in [1.82, 2.24) is 9.97 Å². The maximum Gasteiger partial charge on any atom is 0.130 e. The molecule has 0 unspecified atom stereocenters. The summed E-state index contributed by atoms with van der Waals surface area (Å²) in [6, 6.07) is 14.2. The lowest BCUT2D eigenvalue weighted by Crippen LogP contribution is -2.03. The van der Waals surface area contributed by atoms with Gasteiger partial charge in [0.05, 0.1) is 12.0 Å². The van der Waals surface area contributed by atoms with Gasteiger partial charge in [0.1, 0.15) is 11.5 Å². The van der Waals surface area contributed by atoms with Crippen LogP contribution in [0.2, 0.25) is 0 Å². The van der Waals surface area contributed by atoms with Crippen molar-refractivity contribution >= 4 is 0 Å². The molecule has 0 saturated heterocycles. The lowest BCUT2D eigenvalue weighted by Gasteiger charge is -2.17. The molecule has 0 aliphatic rings. The second-order valence-corrected chi connectivity index (χ2v) is 5.54. The number of para-hydroxylation sites is 1. The monoisotopic (exact) mass is 306 g/mol. The Morgan fingerprint density at radius 3 is 2.43 bits per heavy atom. The molecule has 3 nitrogen and oxygen atoms in total. The van der Waals surface area contributed by atoms with Gasteiger partial charge >= 0.3 is 0 Å². The van der Waals surface area contributed by atoms with Gasteiger partial charge in [0, 0.05) is 12.6 Å². The Morgan fingerprint density at radius 1 is 0.957 bits per heavy atom. The van der Waals surface area contributed by atoms with Crippen LogP contribution in [0.5, 0.6) is 11.5 Å². The Kier molecular flexibility index (Phi) is 4.77. The summed E-state index contributed by atoms with van der Waals surface area (Å²) in [5, 5.41) is 0. The molecule has 0 bridgehead atoms. The largest absolute Gasteiger partial charge is 0.457 e. The van der Waals surface area contributed by atoms with E-state index in [4.69, 9.17) is 4.74 Å². The van der Waals surface area contributed by atoms with Crippen molar-refractivity contribution in [3.05, 3.63) is 77.4 Å². The van der Waals surface area contributed by atoms with Crippen molar-refractivity contribution < 1.29 is 4.74 Å². The zero-order valence-electron chi connectivity index (χ0n) is 13.7. The minimum absolute atomic E-state index is 0.835. The van der Waals surface area contributed by atoms with Gasteiger partial charge in [-0.1, -0.05) is 38.1 Å². The van der Waals surface area contributed by atoms with E-state index in [0.29, 0.717) is 0 Å². The number of imidazole rings is 1. The molecule has 0 amide bonds. The summed E-state index contributed by atoms with van der Waals surface area (Å²) >= 11 is 0. The zero-order valence-corrected chi connectivity index (χ0v) is 13.7. The minimum atomic E-state index is 0.835. The molecule has 23 heavy (non-hydrogen) atoms. The Bertz CT molecular complexity index is 749. The van der Waals surface area contributed by atoms with E-state index in [2.05, 4.69) is 35.9 Å². The lowest BCUT2D eigenvalue weighted by atomic mass is 9.93. The molecule has 0 atom stereocenters. The highest BCUT2D eigenvalue weighted by Gasteiger charge is 2.14. The third kappa shape index (κ3) is 3.45. The van der Waals surface area contributed by atoms with Crippen molar-refractivity contribution in [3.8, 4) is 11.5 Å². The van der Waals surface area contributed by atoms with Crippen LogP contribution >= 0.6 is 0 Å². The Morgan fingerprint density at radius 2 is 1.78 bits per heavy atom. The van der Waals surface area contributed by atoms with Crippen LogP contribution in [0, 0.1) is 0 Å². The highest BCUT2D eigenvalue weighted by atomic mass is 16.5. The van der Waals surface area contributed by atoms with Gasteiger partial charge in [0.15, 0.2) is 0 Å². The Hall–Kier alpha value is -2.55. The molecule has 2 aromatic carbocycles. The standard InChI is InChI=1S/C20H22N2O/c1-3-15-10-11-20(23-17-8-6-5-7-9-17)18(4-2)19(15)12-16-13-21-14-22-16/h5-11,13-14H,3-4,12H2,1-2H3,(H,21,22). The fraction of sp³-hybridized carbons (Fsp3) is 0.250. The van der Waals surface area contributed by atoms with Gasteiger partial charge in [-0.2, -0.15) is 0 Å².